The molecule has 1 fully saturated rings. The van der Waals surface area contributed by atoms with Gasteiger partial charge in [0.1, 0.15) is 0 Å². The third-order valence-electron chi connectivity index (χ3n) is 2.81. The van der Waals surface area contributed by atoms with Gasteiger partial charge in [-0.05, 0) is 33.6 Å². The number of halogens is 2. The van der Waals surface area contributed by atoms with Gasteiger partial charge in [0.25, 0.3) is 0 Å². The van der Waals surface area contributed by atoms with Crippen molar-refractivity contribution in [3.63, 3.8) is 0 Å². The van der Waals surface area contributed by atoms with E-state index in [1.807, 2.05) is 20.8 Å². The Balaban J connectivity index is 2.31. The van der Waals surface area contributed by atoms with Gasteiger partial charge in [-0.15, -0.1) is 0 Å². The summed E-state index contributed by atoms with van der Waals surface area (Å²) in [6.45, 7) is 5.42. The second kappa shape index (κ2) is 5.81. The molecule has 0 aromatic carbocycles. The van der Waals surface area contributed by atoms with Gasteiger partial charge < -0.3 is 10.1 Å². The first-order valence-corrected chi connectivity index (χ1v) is 7.33. The number of carbonyl (C=O) groups is 2. The van der Waals surface area contributed by atoms with Crippen molar-refractivity contribution in [3.05, 3.63) is 21.9 Å². The summed E-state index contributed by atoms with van der Waals surface area (Å²) in [5.74, 6) is -0.320. The van der Waals surface area contributed by atoms with Crippen molar-refractivity contribution in [2.24, 2.45) is 5.92 Å². The van der Waals surface area contributed by atoms with Crippen molar-refractivity contribution in [3.8, 4) is 5.75 Å². The molecule has 1 aliphatic rings. The third-order valence-corrected chi connectivity index (χ3v) is 3.37. The van der Waals surface area contributed by atoms with Gasteiger partial charge in [-0.25, -0.2) is 9.78 Å². The molecule has 114 valence electrons. The van der Waals surface area contributed by atoms with Gasteiger partial charge in [-0.3, -0.25) is 4.79 Å². The van der Waals surface area contributed by atoms with Gasteiger partial charge in [-0.1, -0.05) is 23.2 Å². The molecule has 1 N–H and O–H groups in total. The Labute approximate surface area is 133 Å². The lowest BCUT2D eigenvalue weighted by Gasteiger charge is -2.20. The molecule has 0 unspecified atom stereocenters. The van der Waals surface area contributed by atoms with Gasteiger partial charge in [-0.2, -0.15) is 0 Å². The molecule has 7 heteroatoms. The molecule has 0 bridgehead atoms. The van der Waals surface area contributed by atoms with Crippen LogP contribution in [0.2, 0.25) is 10.2 Å². The summed E-state index contributed by atoms with van der Waals surface area (Å²) in [6.07, 6.45) is 2.19. The molecule has 0 atom stereocenters. The number of amides is 1. The Morgan fingerprint density at radius 1 is 1.33 bits per heavy atom. The van der Waals surface area contributed by atoms with E-state index in [0.29, 0.717) is 0 Å². The normalized spacial score (nSPS) is 14.7. The highest BCUT2D eigenvalue weighted by Crippen LogP contribution is 2.40. The van der Waals surface area contributed by atoms with Gasteiger partial charge in [0.2, 0.25) is 0 Å². The van der Waals surface area contributed by atoms with Gasteiger partial charge in [0, 0.05) is 17.7 Å². The van der Waals surface area contributed by atoms with E-state index in [0.717, 1.165) is 12.8 Å². The van der Waals surface area contributed by atoms with Crippen LogP contribution < -0.4 is 10.1 Å². The molecule has 2 rings (SSSR count). The zero-order valence-corrected chi connectivity index (χ0v) is 13.5. The molecule has 1 amide bonds. The number of ether oxygens (including phenoxy) is 1. The summed E-state index contributed by atoms with van der Waals surface area (Å²) in [7, 11) is 0. The van der Waals surface area contributed by atoms with Crippen molar-refractivity contribution in [2.75, 3.05) is 0 Å². The maximum Gasteiger partial charge on any atom is 0.413 e. The lowest BCUT2D eigenvalue weighted by molar-refractivity contribution is 0.0965. The molecule has 1 heterocycles. The van der Waals surface area contributed by atoms with E-state index in [-0.39, 0.29) is 33.2 Å². The minimum absolute atomic E-state index is 0.0625. The van der Waals surface area contributed by atoms with E-state index in [9.17, 15) is 9.59 Å². The van der Waals surface area contributed by atoms with Gasteiger partial charge >= 0.3 is 6.09 Å². The number of pyridine rings is 1. The van der Waals surface area contributed by atoms with Crippen LogP contribution in [0.1, 0.15) is 44.0 Å². The summed E-state index contributed by atoms with van der Waals surface area (Å²) in [5, 5.41) is 2.69. The molecule has 0 radical (unpaired) electrons. The van der Waals surface area contributed by atoms with Crippen LogP contribution in [-0.2, 0) is 0 Å². The average molecular weight is 331 g/mol. The Kier molecular flexibility index (Phi) is 4.44. The van der Waals surface area contributed by atoms with E-state index in [1.54, 1.807) is 0 Å². The fourth-order valence-corrected chi connectivity index (χ4v) is 2.15. The lowest BCUT2D eigenvalue weighted by atomic mass is 10.1. The molecule has 1 aromatic heterocycles. The number of ketones is 1. The highest BCUT2D eigenvalue weighted by molar-refractivity contribution is 6.36. The predicted octanol–water partition coefficient (Wildman–Crippen LogP) is 3.87. The molecule has 0 spiro atoms. The average Bonchev–Trinajstić information content (AvgIpc) is 3.15. The topological polar surface area (TPSA) is 68.3 Å². The van der Waals surface area contributed by atoms with Gasteiger partial charge in [0.05, 0.1) is 10.6 Å². The lowest BCUT2D eigenvalue weighted by Crippen LogP contribution is -2.42. The number of nitrogens with one attached hydrogen (secondary N) is 1. The fourth-order valence-electron chi connectivity index (χ4n) is 1.74. The van der Waals surface area contributed by atoms with E-state index in [2.05, 4.69) is 10.3 Å². The first-order chi connectivity index (χ1) is 9.69. The number of hydrogen-bond acceptors (Lipinski definition) is 4. The monoisotopic (exact) mass is 330 g/mol. The van der Waals surface area contributed by atoms with Crippen molar-refractivity contribution < 1.29 is 14.3 Å². The van der Waals surface area contributed by atoms with Crippen LogP contribution in [0.15, 0.2) is 6.20 Å². The molecule has 0 aliphatic heterocycles. The second-order valence-electron chi connectivity index (χ2n) is 6.00. The summed E-state index contributed by atoms with van der Waals surface area (Å²) in [4.78, 5) is 28.0. The zero-order valence-electron chi connectivity index (χ0n) is 12.0. The quantitative estimate of drug-likeness (QED) is 0.674. The summed E-state index contributed by atoms with van der Waals surface area (Å²) in [5.41, 5.74) is -0.348. The molecular formula is C14H16Cl2N2O3. The number of hydrogen-bond donors (Lipinski definition) is 1. The van der Waals surface area contributed by atoms with E-state index in [1.165, 1.54) is 6.20 Å². The van der Waals surface area contributed by atoms with Crippen molar-refractivity contribution in [2.45, 2.75) is 39.2 Å². The number of aromatic nitrogens is 1. The fraction of sp³-hybridized carbons (Fsp3) is 0.500. The highest BCUT2D eigenvalue weighted by Gasteiger charge is 2.35. The zero-order chi connectivity index (χ0) is 15.8. The van der Waals surface area contributed by atoms with Crippen LogP contribution in [0.4, 0.5) is 4.79 Å². The van der Waals surface area contributed by atoms with Crippen molar-refractivity contribution >= 4 is 35.1 Å². The number of nitrogens with zero attached hydrogens (tertiary/aromatic N) is 1. The molecule has 1 saturated carbocycles. The molecule has 21 heavy (non-hydrogen) atoms. The van der Waals surface area contributed by atoms with Crippen molar-refractivity contribution in [1.82, 2.24) is 10.3 Å². The summed E-state index contributed by atoms with van der Waals surface area (Å²) >= 11 is 12.0. The van der Waals surface area contributed by atoms with Crippen LogP contribution in [0.5, 0.6) is 5.75 Å². The minimum Gasteiger partial charge on any atom is -0.406 e. The summed E-state index contributed by atoms with van der Waals surface area (Å²) < 4.78 is 5.18. The van der Waals surface area contributed by atoms with Crippen molar-refractivity contribution in [1.29, 1.82) is 0 Å². The second-order valence-corrected chi connectivity index (χ2v) is 6.77. The highest BCUT2D eigenvalue weighted by atomic mass is 35.5. The van der Waals surface area contributed by atoms with Crippen LogP contribution >= 0.6 is 23.2 Å². The first kappa shape index (κ1) is 16.0. The van der Waals surface area contributed by atoms with Gasteiger partial charge in [0.15, 0.2) is 16.7 Å². The Morgan fingerprint density at radius 2 is 1.95 bits per heavy atom. The van der Waals surface area contributed by atoms with Crippen LogP contribution in [0, 0.1) is 5.92 Å². The first-order valence-electron chi connectivity index (χ1n) is 6.57. The maximum atomic E-state index is 12.3. The van der Waals surface area contributed by atoms with E-state index >= 15 is 0 Å². The van der Waals surface area contributed by atoms with Crippen LogP contribution in [-0.4, -0.2) is 22.4 Å². The standard InChI is InChI=1S/C14H16Cl2N2O3/c1-14(2,3)18-13(20)21-11-9(10(19)7-4-5-7)8(15)6-17-12(11)16/h6-7H,4-5H2,1-3H3,(H,18,20). The Hall–Kier alpha value is -1.33. The molecule has 1 aliphatic carbocycles. The number of Topliss-reactive ketones (excluding diaryl/α,β-unsaturated/α-hetero) is 1. The maximum absolute atomic E-state index is 12.3. The molecule has 0 saturated heterocycles. The Morgan fingerprint density at radius 3 is 2.48 bits per heavy atom. The third kappa shape index (κ3) is 4.08. The summed E-state index contributed by atoms with van der Waals surface area (Å²) in [6, 6.07) is 0. The number of carbonyl (C=O) groups excluding carboxylic acids is 2. The van der Waals surface area contributed by atoms with Crippen LogP contribution in [0.25, 0.3) is 0 Å². The largest absolute Gasteiger partial charge is 0.413 e. The SMILES string of the molecule is CC(C)(C)NC(=O)Oc1c(Cl)ncc(Cl)c1C(=O)C1CC1. The minimum atomic E-state index is -0.710. The Bertz CT molecular complexity index is 593. The number of rotatable bonds is 3. The molecule has 5 nitrogen and oxygen atoms in total. The van der Waals surface area contributed by atoms with E-state index in [4.69, 9.17) is 27.9 Å². The molecule has 1 aromatic rings. The van der Waals surface area contributed by atoms with Crippen LogP contribution in [0.3, 0.4) is 0 Å². The van der Waals surface area contributed by atoms with E-state index < -0.39 is 11.6 Å². The molecular weight excluding hydrogens is 315 g/mol. The predicted molar refractivity (Wildman–Crippen MR) is 80.2 cm³/mol. The smallest absolute Gasteiger partial charge is 0.406 e.